The van der Waals surface area contributed by atoms with Crippen LogP contribution in [0.5, 0.6) is 0 Å². The lowest BCUT2D eigenvalue weighted by atomic mass is 10.0. The molecule has 1 aromatic heterocycles. The fraction of sp³-hybridized carbons (Fsp3) is 0.267. The number of carbonyl (C=O) groups is 2. The summed E-state index contributed by atoms with van der Waals surface area (Å²) in [5, 5.41) is 0. The molecule has 0 aliphatic rings. The molecule has 0 saturated heterocycles. The molecule has 1 unspecified atom stereocenters. The highest BCUT2D eigenvalue weighted by Crippen LogP contribution is 2.27. The number of anilines is 1. The maximum Gasteiger partial charge on any atom is 0.303 e. The third kappa shape index (κ3) is 2.88. The normalized spacial score (nSPS) is 12.1. The van der Waals surface area contributed by atoms with Gasteiger partial charge in [-0.05, 0) is 30.0 Å². The van der Waals surface area contributed by atoms with E-state index < -0.39 is 17.9 Å². The summed E-state index contributed by atoms with van der Waals surface area (Å²) in [6, 6.07) is 4.51. The molecule has 108 valence electrons. The Kier molecular flexibility index (Phi) is 4.24. The third-order valence-corrected chi connectivity index (χ3v) is 3.93. The van der Waals surface area contributed by atoms with Gasteiger partial charge in [0.2, 0.25) is 5.91 Å². The van der Waals surface area contributed by atoms with E-state index in [-0.39, 0.29) is 5.92 Å². The van der Waals surface area contributed by atoms with Crippen LogP contribution in [0.4, 0.5) is 5.69 Å². The number of hydrogen-bond donors (Lipinski definition) is 1. The topological polar surface area (TPSA) is 76.3 Å². The van der Waals surface area contributed by atoms with Crippen LogP contribution >= 0.6 is 11.3 Å². The first kappa shape index (κ1) is 15.0. The minimum Gasteiger partial charge on any atom is -0.368 e. The first-order valence-corrected chi connectivity index (χ1v) is 7.26. The Labute approximate surface area is 126 Å². The second-order valence-electron chi connectivity index (χ2n) is 4.92. The number of hydrogen-bond acceptors (Lipinski definition) is 4. The number of thiazole rings is 1. The lowest BCUT2D eigenvalue weighted by Crippen LogP contribution is -2.50. The number of rotatable bonds is 4. The van der Waals surface area contributed by atoms with Gasteiger partial charge in [0, 0.05) is 5.69 Å². The highest BCUT2D eigenvalue weighted by atomic mass is 32.1. The Balaban J connectivity index is 2.56. The van der Waals surface area contributed by atoms with Gasteiger partial charge in [-0.3, -0.25) is 14.5 Å². The van der Waals surface area contributed by atoms with E-state index in [1.807, 2.05) is 13.8 Å². The minimum absolute atomic E-state index is 0.156. The standard InChI is InChI=1S/C15H15N3O2S/c1-4-13(19)18(14(9(2)3)15(16)20)10-5-6-11-12(7-10)21-8-17-11/h1,5-9,14H,2-3H3,(H2,16,20). The Bertz CT molecular complexity index is 730. The molecule has 0 spiro atoms. The lowest BCUT2D eigenvalue weighted by molar-refractivity contribution is -0.123. The maximum atomic E-state index is 12.1. The summed E-state index contributed by atoms with van der Waals surface area (Å²) >= 11 is 1.45. The van der Waals surface area contributed by atoms with Gasteiger partial charge in [0.1, 0.15) is 6.04 Å². The van der Waals surface area contributed by atoms with Crippen molar-refractivity contribution in [2.45, 2.75) is 19.9 Å². The van der Waals surface area contributed by atoms with E-state index in [4.69, 9.17) is 12.2 Å². The Morgan fingerprint density at radius 1 is 1.43 bits per heavy atom. The zero-order chi connectivity index (χ0) is 15.6. The van der Waals surface area contributed by atoms with Crippen LogP contribution in [0.1, 0.15) is 13.8 Å². The quantitative estimate of drug-likeness (QED) is 0.874. The number of nitrogens with zero attached hydrogens (tertiary/aromatic N) is 2. The largest absolute Gasteiger partial charge is 0.368 e. The molecule has 0 saturated carbocycles. The fourth-order valence-electron chi connectivity index (χ4n) is 2.22. The molecule has 2 aromatic rings. The van der Waals surface area contributed by atoms with E-state index in [1.165, 1.54) is 16.2 Å². The number of carbonyl (C=O) groups excluding carboxylic acids is 2. The highest BCUT2D eigenvalue weighted by Gasteiger charge is 2.31. The fourth-order valence-corrected chi connectivity index (χ4v) is 2.93. The van der Waals surface area contributed by atoms with Gasteiger partial charge in [0.05, 0.1) is 15.7 Å². The van der Waals surface area contributed by atoms with Gasteiger partial charge in [-0.2, -0.15) is 0 Å². The van der Waals surface area contributed by atoms with Gasteiger partial charge in [-0.1, -0.05) is 13.8 Å². The number of terminal acetylenes is 1. The summed E-state index contributed by atoms with van der Waals surface area (Å²) in [6.07, 6.45) is 5.24. The number of amides is 2. The van der Waals surface area contributed by atoms with Crippen molar-refractivity contribution in [1.82, 2.24) is 4.98 Å². The Hall–Kier alpha value is -2.39. The SMILES string of the molecule is C#CC(=O)N(c1ccc2ncsc2c1)C(C(N)=O)C(C)C. The van der Waals surface area contributed by atoms with Crippen LogP contribution in [0.25, 0.3) is 10.2 Å². The summed E-state index contributed by atoms with van der Waals surface area (Å²) in [6.45, 7) is 3.63. The summed E-state index contributed by atoms with van der Waals surface area (Å²) in [5.74, 6) is 0.735. The van der Waals surface area contributed by atoms with E-state index >= 15 is 0 Å². The first-order chi connectivity index (χ1) is 9.95. The summed E-state index contributed by atoms with van der Waals surface area (Å²) in [7, 11) is 0. The third-order valence-electron chi connectivity index (χ3n) is 3.14. The second kappa shape index (κ2) is 5.94. The average Bonchev–Trinajstić information content (AvgIpc) is 2.90. The van der Waals surface area contributed by atoms with Crippen molar-refractivity contribution in [3.05, 3.63) is 23.7 Å². The van der Waals surface area contributed by atoms with Gasteiger partial charge < -0.3 is 5.73 Å². The van der Waals surface area contributed by atoms with Crippen molar-refractivity contribution < 1.29 is 9.59 Å². The van der Waals surface area contributed by atoms with Gasteiger partial charge in [0.25, 0.3) is 0 Å². The van der Waals surface area contributed by atoms with Crippen LogP contribution in [0, 0.1) is 18.3 Å². The Morgan fingerprint density at radius 3 is 2.71 bits per heavy atom. The van der Waals surface area contributed by atoms with Gasteiger partial charge in [0.15, 0.2) is 0 Å². The molecule has 0 aliphatic heterocycles. The Morgan fingerprint density at radius 2 is 2.14 bits per heavy atom. The smallest absolute Gasteiger partial charge is 0.303 e. The number of benzene rings is 1. The first-order valence-electron chi connectivity index (χ1n) is 6.38. The maximum absolute atomic E-state index is 12.1. The monoisotopic (exact) mass is 301 g/mol. The zero-order valence-corrected chi connectivity index (χ0v) is 12.6. The molecule has 6 heteroatoms. The van der Waals surface area contributed by atoms with Crippen molar-refractivity contribution in [3.8, 4) is 12.3 Å². The zero-order valence-electron chi connectivity index (χ0n) is 11.7. The van der Waals surface area contributed by atoms with Crippen LogP contribution in [0.3, 0.4) is 0 Å². The van der Waals surface area contributed by atoms with Crippen LogP contribution in [0.15, 0.2) is 23.7 Å². The lowest BCUT2D eigenvalue weighted by Gasteiger charge is -2.30. The molecular formula is C15H15N3O2S. The van der Waals surface area contributed by atoms with Crippen molar-refractivity contribution in [1.29, 1.82) is 0 Å². The molecule has 21 heavy (non-hydrogen) atoms. The van der Waals surface area contributed by atoms with Crippen molar-refractivity contribution >= 4 is 39.1 Å². The number of primary amides is 1. The molecular weight excluding hydrogens is 286 g/mol. The summed E-state index contributed by atoms with van der Waals surface area (Å²) in [4.78, 5) is 29.3. The van der Waals surface area contributed by atoms with E-state index in [0.717, 1.165) is 10.2 Å². The highest BCUT2D eigenvalue weighted by molar-refractivity contribution is 7.16. The van der Waals surface area contributed by atoms with Gasteiger partial charge in [-0.25, -0.2) is 4.98 Å². The number of nitrogens with two attached hydrogens (primary N) is 1. The molecule has 5 nitrogen and oxygen atoms in total. The summed E-state index contributed by atoms with van der Waals surface area (Å²) in [5.41, 5.74) is 8.55. The predicted octanol–water partition coefficient (Wildman–Crippen LogP) is 1.77. The molecule has 2 amide bonds. The molecule has 0 radical (unpaired) electrons. The predicted molar refractivity (Wildman–Crippen MR) is 83.8 cm³/mol. The molecule has 1 aromatic carbocycles. The van der Waals surface area contributed by atoms with Crippen molar-refractivity contribution in [2.24, 2.45) is 11.7 Å². The van der Waals surface area contributed by atoms with Crippen molar-refractivity contribution in [3.63, 3.8) is 0 Å². The van der Waals surface area contributed by atoms with Crippen molar-refractivity contribution in [2.75, 3.05) is 4.90 Å². The van der Waals surface area contributed by atoms with E-state index in [1.54, 1.807) is 23.7 Å². The minimum atomic E-state index is -0.793. The molecule has 1 atom stereocenters. The molecule has 0 fully saturated rings. The van der Waals surface area contributed by atoms with Gasteiger partial charge >= 0.3 is 5.91 Å². The van der Waals surface area contributed by atoms with Crippen LogP contribution < -0.4 is 10.6 Å². The molecule has 1 heterocycles. The number of fused-ring (bicyclic) bond motifs is 1. The van der Waals surface area contributed by atoms with E-state index in [0.29, 0.717) is 5.69 Å². The average molecular weight is 301 g/mol. The number of aromatic nitrogens is 1. The molecule has 0 aliphatic carbocycles. The van der Waals surface area contributed by atoms with Gasteiger partial charge in [-0.15, -0.1) is 17.8 Å². The summed E-state index contributed by atoms with van der Waals surface area (Å²) < 4.78 is 0.911. The van der Waals surface area contributed by atoms with E-state index in [9.17, 15) is 9.59 Å². The van der Waals surface area contributed by atoms with Crippen LogP contribution in [-0.2, 0) is 9.59 Å². The molecule has 2 N–H and O–H groups in total. The second-order valence-corrected chi connectivity index (χ2v) is 5.80. The van der Waals surface area contributed by atoms with Crippen LogP contribution in [-0.4, -0.2) is 22.8 Å². The van der Waals surface area contributed by atoms with E-state index in [2.05, 4.69) is 10.9 Å². The van der Waals surface area contributed by atoms with Crippen LogP contribution in [0.2, 0.25) is 0 Å². The molecule has 0 bridgehead atoms. The molecule has 2 rings (SSSR count).